The number of hydrogen-bond donors (Lipinski definition) is 3. The highest BCUT2D eigenvalue weighted by Gasteiger charge is 2.24. The molecule has 0 atom stereocenters. The molecule has 0 saturated carbocycles. The fraction of sp³-hybridized carbons (Fsp3) is 0.167. The van der Waals surface area contributed by atoms with Gasteiger partial charge in [-0.2, -0.15) is 0 Å². The average Bonchev–Trinajstić information content (AvgIpc) is 2.89. The Hall–Kier alpha value is -2.86. The molecule has 2 aromatic carbocycles. The quantitative estimate of drug-likeness (QED) is 0.563. The van der Waals surface area contributed by atoms with Crippen LogP contribution in [0.4, 0.5) is 21.5 Å². The predicted molar refractivity (Wildman–Crippen MR) is 93.4 cm³/mol. The summed E-state index contributed by atoms with van der Waals surface area (Å²) in [5.74, 6) is -0.622. The minimum atomic E-state index is -0.373. The van der Waals surface area contributed by atoms with E-state index in [2.05, 4.69) is 16.0 Å². The Labute approximate surface area is 139 Å². The van der Waals surface area contributed by atoms with E-state index in [1.165, 1.54) is 12.1 Å². The van der Waals surface area contributed by atoms with E-state index in [4.69, 9.17) is 4.74 Å². The van der Waals surface area contributed by atoms with E-state index in [0.29, 0.717) is 23.4 Å². The molecule has 1 aliphatic rings. The van der Waals surface area contributed by atoms with Crippen molar-refractivity contribution >= 4 is 28.5 Å². The van der Waals surface area contributed by atoms with Gasteiger partial charge in [-0.25, -0.2) is 4.39 Å². The van der Waals surface area contributed by atoms with Crippen molar-refractivity contribution in [3.8, 4) is 0 Å². The van der Waals surface area contributed by atoms with E-state index in [0.717, 1.165) is 17.9 Å². The number of methoxy groups -OCH3 is 1. The maximum absolute atomic E-state index is 13.4. The van der Waals surface area contributed by atoms with Gasteiger partial charge in [0.2, 0.25) is 0 Å². The van der Waals surface area contributed by atoms with E-state index in [1.54, 1.807) is 19.4 Å². The number of ether oxygens (including phenoxy) is 1. The van der Waals surface area contributed by atoms with Crippen molar-refractivity contribution in [2.45, 2.75) is 0 Å². The first kappa shape index (κ1) is 16.0. The largest absolute Gasteiger partial charge is 0.383 e. The van der Waals surface area contributed by atoms with Gasteiger partial charge in [-0.1, -0.05) is 0 Å². The number of carbonyl (C=O) groups is 1. The number of benzene rings is 2. The van der Waals surface area contributed by atoms with Crippen molar-refractivity contribution in [1.82, 2.24) is 0 Å². The van der Waals surface area contributed by atoms with Crippen LogP contribution in [-0.2, 0) is 9.53 Å². The highest BCUT2D eigenvalue weighted by molar-refractivity contribution is 6.31. The predicted octanol–water partition coefficient (Wildman–Crippen LogP) is 3.29. The molecule has 2 aromatic rings. The van der Waals surface area contributed by atoms with Crippen LogP contribution in [0.25, 0.3) is 5.57 Å². The Morgan fingerprint density at radius 1 is 1.17 bits per heavy atom. The topological polar surface area (TPSA) is 62.4 Å². The molecule has 0 fully saturated rings. The number of carbonyl (C=O) groups excluding carboxylic acids is 1. The standard InChI is InChI=1S/C18H18FN3O2/c1-24-9-8-20-13-3-5-14(6-4-13)21-11-16-15-10-12(19)2-7-17(15)22-18(16)23/h2-7,10-11,20-21H,8-9H2,1H3,(H,22,23)/b16-11+. The Balaban J connectivity index is 1.70. The molecule has 0 aromatic heterocycles. The molecule has 5 nitrogen and oxygen atoms in total. The molecule has 1 heterocycles. The summed E-state index contributed by atoms with van der Waals surface area (Å²) >= 11 is 0. The van der Waals surface area contributed by atoms with Crippen LogP contribution in [0.1, 0.15) is 5.56 Å². The third-order valence-corrected chi connectivity index (χ3v) is 3.67. The maximum Gasteiger partial charge on any atom is 0.257 e. The molecule has 0 radical (unpaired) electrons. The van der Waals surface area contributed by atoms with Crippen molar-refractivity contribution in [2.24, 2.45) is 0 Å². The minimum absolute atomic E-state index is 0.249. The lowest BCUT2D eigenvalue weighted by Crippen LogP contribution is -2.07. The number of anilines is 3. The maximum atomic E-state index is 13.4. The fourth-order valence-corrected chi connectivity index (χ4v) is 2.44. The summed E-state index contributed by atoms with van der Waals surface area (Å²) in [7, 11) is 1.66. The van der Waals surface area contributed by atoms with Gasteiger partial charge in [0.15, 0.2) is 0 Å². The molecule has 0 unspecified atom stereocenters. The molecule has 6 heteroatoms. The third kappa shape index (κ3) is 3.55. The molecule has 0 bridgehead atoms. The molecule has 3 N–H and O–H groups in total. The Morgan fingerprint density at radius 3 is 2.67 bits per heavy atom. The second-order valence-electron chi connectivity index (χ2n) is 5.34. The first-order valence-electron chi connectivity index (χ1n) is 7.58. The van der Waals surface area contributed by atoms with Crippen molar-refractivity contribution in [1.29, 1.82) is 0 Å². The van der Waals surface area contributed by atoms with Gasteiger partial charge >= 0.3 is 0 Å². The van der Waals surface area contributed by atoms with Gasteiger partial charge in [0.25, 0.3) is 5.91 Å². The zero-order valence-corrected chi connectivity index (χ0v) is 13.2. The lowest BCUT2D eigenvalue weighted by Gasteiger charge is -2.07. The van der Waals surface area contributed by atoms with Crippen molar-refractivity contribution in [3.05, 3.63) is 60.0 Å². The van der Waals surface area contributed by atoms with Crippen LogP contribution in [0.5, 0.6) is 0 Å². The van der Waals surface area contributed by atoms with Gasteiger partial charge in [0, 0.05) is 42.5 Å². The lowest BCUT2D eigenvalue weighted by molar-refractivity contribution is -0.110. The van der Waals surface area contributed by atoms with Crippen LogP contribution in [0.3, 0.4) is 0 Å². The number of amides is 1. The Bertz CT molecular complexity index is 772. The van der Waals surface area contributed by atoms with E-state index >= 15 is 0 Å². The minimum Gasteiger partial charge on any atom is -0.383 e. The van der Waals surface area contributed by atoms with Crippen molar-refractivity contribution in [2.75, 3.05) is 36.2 Å². The fourth-order valence-electron chi connectivity index (χ4n) is 2.44. The molecular weight excluding hydrogens is 309 g/mol. The average molecular weight is 327 g/mol. The van der Waals surface area contributed by atoms with E-state index in [1.807, 2.05) is 24.3 Å². The molecule has 0 aliphatic carbocycles. The summed E-state index contributed by atoms with van der Waals surface area (Å²) in [6.07, 6.45) is 1.59. The van der Waals surface area contributed by atoms with Gasteiger partial charge in [0.1, 0.15) is 5.82 Å². The van der Waals surface area contributed by atoms with Crippen LogP contribution in [0.15, 0.2) is 48.7 Å². The number of fused-ring (bicyclic) bond motifs is 1. The Kier molecular flexibility index (Phi) is 4.77. The van der Waals surface area contributed by atoms with Crippen LogP contribution in [0.2, 0.25) is 0 Å². The van der Waals surface area contributed by atoms with Crippen molar-refractivity contribution in [3.63, 3.8) is 0 Å². The van der Waals surface area contributed by atoms with E-state index < -0.39 is 0 Å². The van der Waals surface area contributed by atoms with Gasteiger partial charge in [-0.3, -0.25) is 4.79 Å². The number of rotatable bonds is 6. The number of hydrogen-bond acceptors (Lipinski definition) is 4. The summed E-state index contributed by atoms with van der Waals surface area (Å²) in [4.78, 5) is 12.0. The third-order valence-electron chi connectivity index (χ3n) is 3.67. The smallest absolute Gasteiger partial charge is 0.257 e. The Morgan fingerprint density at radius 2 is 1.92 bits per heavy atom. The molecule has 124 valence electrons. The van der Waals surface area contributed by atoms with Crippen LogP contribution < -0.4 is 16.0 Å². The molecule has 0 spiro atoms. The van der Waals surface area contributed by atoms with Crippen molar-refractivity contribution < 1.29 is 13.9 Å². The van der Waals surface area contributed by atoms with E-state index in [9.17, 15) is 9.18 Å². The summed E-state index contributed by atoms with van der Waals surface area (Å²) in [6.45, 7) is 1.37. The molecule has 0 saturated heterocycles. The first-order chi connectivity index (χ1) is 11.7. The number of nitrogens with one attached hydrogen (secondary N) is 3. The normalized spacial score (nSPS) is 14.4. The van der Waals surface area contributed by atoms with Crippen LogP contribution >= 0.6 is 0 Å². The van der Waals surface area contributed by atoms with Gasteiger partial charge < -0.3 is 20.7 Å². The summed E-state index contributed by atoms with van der Waals surface area (Å²) in [6, 6.07) is 11.9. The monoisotopic (exact) mass is 327 g/mol. The number of halogens is 1. The lowest BCUT2D eigenvalue weighted by atomic mass is 10.1. The van der Waals surface area contributed by atoms with Gasteiger partial charge in [-0.05, 0) is 42.5 Å². The van der Waals surface area contributed by atoms with E-state index in [-0.39, 0.29) is 11.7 Å². The first-order valence-corrected chi connectivity index (χ1v) is 7.58. The molecule has 3 rings (SSSR count). The van der Waals surface area contributed by atoms with Gasteiger partial charge in [0.05, 0.1) is 12.2 Å². The summed E-state index contributed by atoms with van der Waals surface area (Å²) in [5, 5.41) is 9.01. The zero-order chi connectivity index (χ0) is 16.9. The summed E-state index contributed by atoms with van der Waals surface area (Å²) < 4.78 is 18.4. The van der Waals surface area contributed by atoms with Crippen LogP contribution in [-0.4, -0.2) is 26.2 Å². The second kappa shape index (κ2) is 7.14. The molecule has 1 aliphatic heterocycles. The SMILES string of the molecule is COCCNc1ccc(N/C=C2/C(=O)Nc3ccc(F)cc32)cc1. The summed E-state index contributed by atoms with van der Waals surface area (Å²) in [5.41, 5.74) is 3.40. The van der Waals surface area contributed by atoms with Gasteiger partial charge in [-0.15, -0.1) is 0 Å². The molecule has 24 heavy (non-hydrogen) atoms. The zero-order valence-electron chi connectivity index (χ0n) is 13.2. The second-order valence-corrected chi connectivity index (χ2v) is 5.34. The highest BCUT2D eigenvalue weighted by Crippen LogP contribution is 2.32. The highest BCUT2D eigenvalue weighted by atomic mass is 19.1. The molecular formula is C18H18FN3O2. The molecule has 1 amide bonds. The van der Waals surface area contributed by atoms with Crippen LogP contribution in [0, 0.1) is 5.82 Å².